The van der Waals surface area contributed by atoms with E-state index >= 15 is 0 Å². The number of amides is 2. The number of carbonyl (C=O) groups is 1. The lowest BCUT2D eigenvalue weighted by molar-refractivity contribution is 0.224. The molecular weight excluding hydrogens is 200 g/mol. The molecule has 0 saturated heterocycles. The van der Waals surface area contributed by atoms with Crippen molar-refractivity contribution in [3.05, 3.63) is 0 Å². The maximum Gasteiger partial charge on any atom is 0.315 e. The van der Waals surface area contributed by atoms with Crippen LogP contribution in [-0.2, 0) is 0 Å². The van der Waals surface area contributed by atoms with Crippen LogP contribution >= 0.6 is 0 Å². The molecule has 0 aromatic carbocycles. The zero-order chi connectivity index (χ0) is 11.2. The van der Waals surface area contributed by atoms with Gasteiger partial charge in [-0.2, -0.15) is 0 Å². The van der Waals surface area contributed by atoms with E-state index in [0.29, 0.717) is 12.1 Å². The van der Waals surface area contributed by atoms with Gasteiger partial charge in [-0.15, -0.1) is 0 Å². The van der Waals surface area contributed by atoms with Gasteiger partial charge in [0.15, 0.2) is 0 Å². The van der Waals surface area contributed by atoms with Gasteiger partial charge in [0.05, 0.1) is 0 Å². The van der Waals surface area contributed by atoms with Gasteiger partial charge in [0.1, 0.15) is 0 Å². The molecule has 3 nitrogen and oxygen atoms in total. The molecule has 2 amide bonds. The molecule has 2 N–H and O–H groups in total. The van der Waals surface area contributed by atoms with E-state index in [2.05, 4.69) is 10.6 Å². The molecule has 0 aliphatic heterocycles. The summed E-state index contributed by atoms with van der Waals surface area (Å²) in [4.78, 5) is 11.8. The lowest BCUT2D eigenvalue weighted by Gasteiger charge is -2.26. The molecule has 2 saturated carbocycles. The lowest BCUT2D eigenvalue weighted by Crippen LogP contribution is -2.47. The van der Waals surface area contributed by atoms with Gasteiger partial charge in [0.2, 0.25) is 0 Å². The number of nitrogens with one attached hydrogen (secondary N) is 2. The van der Waals surface area contributed by atoms with Gasteiger partial charge in [0, 0.05) is 13.5 Å². The molecule has 0 bridgehead atoms. The molecule has 0 aromatic heterocycles. The number of carbonyl (C=O) groups excluding carboxylic acids is 1. The highest BCUT2D eigenvalue weighted by Crippen LogP contribution is 2.19. The molecule has 16 heavy (non-hydrogen) atoms. The van der Waals surface area contributed by atoms with Crippen molar-refractivity contribution in [3.8, 4) is 0 Å². The van der Waals surface area contributed by atoms with Crippen LogP contribution in [0.15, 0.2) is 0 Å². The third-order valence-electron chi connectivity index (χ3n) is 3.88. The van der Waals surface area contributed by atoms with Crippen LogP contribution in [-0.4, -0.2) is 18.1 Å². The quantitative estimate of drug-likeness (QED) is 0.746. The van der Waals surface area contributed by atoms with E-state index in [1.807, 2.05) is 0 Å². The van der Waals surface area contributed by atoms with E-state index in [-0.39, 0.29) is 7.46 Å². The van der Waals surface area contributed by atoms with Gasteiger partial charge in [0.25, 0.3) is 0 Å². The van der Waals surface area contributed by atoms with Crippen molar-refractivity contribution < 1.29 is 6.22 Å². The van der Waals surface area contributed by atoms with Crippen molar-refractivity contribution in [1.82, 2.24) is 10.6 Å². The van der Waals surface area contributed by atoms with Crippen molar-refractivity contribution in [1.29, 1.82) is 0 Å². The fraction of sp³-hybridized carbons (Fsp3) is 0.923. The molecule has 2 rings (SSSR count). The minimum absolute atomic E-state index is 0. The monoisotopic (exact) mass is 226 g/mol. The molecule has 0 atom stereocenters. The number of hydrogen-bond donors (Lipinski definition) is 2. The Labute approximate surface area is 99.9 Å². The highest BCUT2D eigenvalue weighted by atomic mass is 16.2. The van der Waals surface area contributed by atoms with Gasteiger partial charge in [-0.3, -0.25) is 0 Å². The Morgan fingerprint density at radius 1 is 0.750 bits per heavy atom. The second kappa shape index (κ2) is 6.12. The van der Waals surface area contributed by atoms with E-state index in [4.69, 9.17) is 0 Å². The van der Waals surface area contributed by atoms with E-state index in [1.54, 1.807) is 0 Å². The second-order valence-electron chi connectivity index (χ2n) is 5.29. The summed E-state index contributed by atoms with van der Waals surface area (Å²) in [5.74, 6) is 0. The Hall–Kier alpha value is -0.730. The Kier molecular flexibility index (Phi) is 4.49. The molecule has 0 heterocycles. The van der Waals surface area contributed by atoms with Gasteiger partial charge in [-0.25, -0.2) is 4.79 Å². The Bertz CT molecular complexity index is 201. The predicted molar refractivity (Wildman–Crippen MR) is 67.5 cm³/mol. The molecule has 3 heteroatoms. The maximum atomic E-state index is 11.8. The average Bonchev–Trinajstić information content (AvgIpc) is 2.31. The molecular formula is C13H26N2O. The van der Waals surface area contributed by atoms with Crippen LogP contribution in [0.2, 0.25) is 0 Å². The highest BCUT2D eigenvalue weighted by Gasteiger charge is 2.19. The molecule has 94 valence electrons. The number of hydrogen-bond acceptors (Lipinski definition) is 1. The molecule has 2 fully saturated rings. The van der Waals surface area contributed by atoms with Gasteiger partial charge in [-0.05, 0) is 25.7 Å². The molecule has 0 radical (unpaired) electrons. The molecule has 0 unspecified atom stereocenters. The normalized spacial score (nSPS) is 24.0. The Morgan fingerprint density at radius 2 is 1.12 bits per heavy atom. The van der Waals surface area contributed by atoms with Gasteiger partial charge in [-0.1, -0.05) is 38.5 Å². The largest absolute Gasteiger partial charge is 0.335 e. The SMILES string of the molecule is O=C(NC1CCCCC1)NC1CCCCC1.[HH]. The van der Waals surface area contributed by atoms with Crippen LogP contribution < -0.4 is 10.6 Å². The van der Waals surface area contributed by atoms with Crippen LogP contribution in [0, 0.1) is 0 Å². The third-order valence-corrected chi connectivity index (χ3v) is 3.88. The first-order chi connectivity index (χ1) is 7.84. The van der Waals surface area contributed by atoms with E-state index in [9.17, 15) is 4.79 Å². The highest BCUT2D eigenvalue weighted by molar-refractivity contribution is 5.74. The van der Waals surface area contributed by atoms with Crippen LogP contribution in [0.1, 0.15) is 65.6 Å². The Balaban J connectivity index is 0.00000144. The van der Waals surface area contributed by atoms with Crippen molar-refractivity contribution in [2.45, 2.75) is 76.3 Å². The van der Waals surface area contributed by atoms with Gasteiger partial charge >= 0.3 is 6.03 Å². The zero-order valence-corrected chi connectivity index (χ0v) is 10.1. The summed E-state index contributed by atoms with van der Waals surface area (Å²) in [6, 6.07) is 0.925. The molecule has 2 aliphatic carbocycles. The molecule has 0 aromatic rings. The molecule has 2 aliphatic rings. The summed E-state index contributed by atoms with van der Waals surface area (Å²) in [6.45, 7) is 0. The van der Waals surface area contributed by atoms with Crippen LogP contribution in [0.4, 0.5) is 4.79 Å². The van der Waals surface area contributed by atoms with Crippen molar-refractivity contribution in [2.75, 3.05) is 0 Å². The van der Waals surface area contributed by atoms with Crippen LogP contribution in [0.5, 0.6) is 0 Å². The summed E-state index contributed by atoms with van der Waals surface area (Å²) in [6.07, 6.45) is 12.4. The van der Waals surface area contributed by atoms with Crippen molar-refractivity contribution in [3.63, 3.8) is 0 Å². The second-order valence-corrected chi connectivity index (χ2v) is 5.29. The summed E-state index contributed by atoms with van der Waals surface area (Å²) < 4.78 is 0. The standard InChI is InChI=1S/C13H24N2O.H2/c16-13(14-11-7-3-1-4-8-11)15-12-9-5-2-6-10-12;/h11-12H,1-10H2,(H2,14,15,16);1H. The van der Waals surface area contributed by atoms with Crippen molar-refractivity contribution >= 4 is 6.03 Å². The van der Waals surface area contributed by atoms with E-state index in [1.165, 1.54) is 38.5 Å². The minimum atomic E-state index is 0. The smallest absolute Gasteiger partial charge is 0.315 e. The van der Waals surface area contributed by atoms with Crippen LogP contribution in [0.3, 0.4) is 0 Å². The van der Waals surface area contributed by atoms with E-state index < -0.39 is 0 Å². The van der Waals surface area contributed by atoms with Crippen molar-refractivity contribution in [2.24, 2.45) is 0 Å². The average molecular weight is 226 g/mol. The summed E-state index contributed by atoms with van der Waals surface area (Å²) in [7, 11) is 0. The lowest BCUT2D eigenvalue weighted by atomic mass is 9.95. The fourth-order valence-corrected chi connectivity index (χ4v) is 2.91. The third kappa shape index (κ3) is 3.69. The topological polar surface area (TPSA) is 41.1 Å². The minimum Gasteiger partial charge on any atom is -0.335 e. The predicted octanol–water partition coefficient (Wildman–Crippen LogP) is 3.20. The summed E-state index contributed by atoms with van der Waals surface area (Å²) in [5.41, 5.74) is 0. The first-order valence-corrected chi connectivity index (χ1v) is 6.91. The summed E-state index contributed by atoms with van der Waals surface area (Å²) in [5, 5.41) is 6.23. The van der Waals surface area contributed by atoms with E-state index in [0.717, 1.165) is 25.7 Å². The maximum absolute atomic E-state index is 11.8. The Morgan fingerprint density at radius 3 is 1.50 bits per heavy atom. The number of rotatable bonds is 2. The number of urea groups is 1. The van der Waals surface area contributed by atoms with Crippen LogP contribution in [0.25, 0.3) is 0 Å². The fourth-order valence-electron chi connectivity index (χ4n) is 2.91. The zero-order valence-electron chi connectivity index (χ0n) is 10.1. The summed E-state index contributed by atoms with van der Waals surface area (Å²) >= 11 is 0. The van der Waals surface area contributed by atoms with Gasteiger partial charge < -0.3 is 10.6 Å². The first kappa shape index (κ1) is 11.7. The first-order valence-electron chi connectivity index (χ1n) is 6.91. The molecule has 0 spiro atoms.